The number of para-hydroxylation sites is 1. The van der Waals surface area contributed by atoms with Crippen molar-refractivity contribution in [2.75, 3.05) is 13.4 Å². The molecule has 2 rings (SSSR count). The van der Waals surface area contributed by atoms with Crippen LogP contribution in [0.15, 0.2) is 18.2 Å². The molecule has 170 valence electrons. The number of unbranched alkanes of at least 4 members (excludes halogenated alkanes) is 1. The highest BCUT2D eigenvalue weighted by Gasteiger charge is 2.39. The van der Waals surface area contributed by atoms with Crippen molar-refractivity contribution < 1.29 is 47.1 Å². The highest BCUT2D eigenvalue weighted by atomic mass is 19.3. The summed E-state index contributed by atoms with van der Waals surface area (Å²) < 4.78 is 45.6. The summed E-state index contributed by atoms with van der Waals surface area (Å²) in [5.41, 5.74) is 0.414. The molecule has 0 radical (unpaired) electrons. The second kappa shape index (κ2) is 10.9. The van der Waals surface area contributed by atoms with Crippen molar-refractivity contribution in [3.05, 3.63) is 29.3 Å². The van der Waals surface area contributed by atoms with Crippen LogP contribution in [0, 0.1) is 0 Å². The summed E-state index contributed by atoms with van der Waals surface area (Å²) >= 11 is 0. The quantitative estimate of drug-likeness (QED) is 0.258. The fourth-order valence-corrected chi connectivity index (χ4v) is 2.80. The van der Waals surface area contributed by atoms with Gasteiger partial charge in [-0.25, -0.2) is 18.4 Å². The van der Waals surface area contributed by atoms with Gasteiger partial charge in [-0.2, -0.15) is 0 Å². The first kappa shape index (κ1) is 24.4. The third-order valence-corrected chi connectivity index (χ3v) is 4.24. The van der Waals surface area contributed by atoms with Gasteiger partial charge in [0.15, 0.2) is 0 Å². The molecule has 0 unspecified atom stereocenters. The minimum atomic E-state index is -3.19. The third kappa shape index (κ3) is 7.70. The third-order valence-electron chi connectivity index (χ3n) is 4.24. The predicted molar refractivity (Wildman–Crippen MR) is 104 cm³/mol. The van der Waals surface area contributed by atoms with Crippen LogP contribution in [0.1, 0.15) is 49.0 Å². The Balaban J connectivity index is 1.95. The molecular weight excluding hydrogens is 419 g/mol. The summed E-state index contributed by atoms with van der Waals surface area (Å²) in [7, 11) is -1.57. The van der Waals surface area contributed by atoms with Gasteiger partial charge in [0.05, 0.1) is 19.0 Å². The largest absolute Gasteiger partial charge is 0.547 e. The van der Waals surface area contributed by atoms with Crippen LogP contribution >= 0.6 is 0 Å². The maximum atomic E-state index is 13.0. The van der Waals surface area contributed by atoms with E-state index in [0.717, 1.165) is 6.42 Å². The Labute approximate surface area is 178 Å². The molecule has 1 aliphatic rings. The molecular formula is C19H24BF2NO8. The van der Waals surface area contributed by atoms with E-state index in [2.05, 4.69) is 10.1 Å². The number of hydrogen-bond acceptors (Lipinski definition) is 8. The molecule has 12 heteroatoms. The number of fused-ring (bicyclic) bond motifs is 1. The fourth-order valence-electron chi connectivity index (χ4n) is 2.80. The van der Waals surface area contributed by atoms with E-state index >= 15 is 0 Å². The van der Waals surface area contributed by atoms with Crippen LogP contribution in [-0.2, 0) is 25.4 Å². The number of alkyl halides is 2. The van der Waals surface area contributed by atoms with Gasteiger partial charge in [-0.05, 0) is 31.4 Å². The van der Waals surface area contributed by atoms with Crippen molar-refractivity contribution in [1.82, 2.24) is 5.32 Å². The molecule has 0 saturated carbocycles. The molecule has 1 aromatic rings. The van der Waals surface area contributed by atoms with Crippen LogP contribution in [0.25, 0.3) is 0 Å². The number of ether oxygens (including phenoxy) is 3. The highest BCUT2D eigenvalue weighted by Crippen LogP contribution is 2.31. The van der Waals surface area contributed by atoms with E-state index in [-0.39, 0.29) is 24.3 Å². The summed E-state index contributed by atoms with van der Waals surface area (Å²) in [5, 5.41) is 12.5. The summed E-state index contributed by atoms with van der Waals surface area (Å²) in [5.74, 6) is -5.96. The van der Waals surface area contributed by atoms with Gasteiger partial charge in [0.25, 0.3) is 5.92 Å². The van der Waals surface area contributed by atoms with Gasteiger partial charge in [-0.3, -0.25) is 4.79 Å². The van der Waals surface area contributed by atoms with Gasteiger partial charge in [0.2, 0.25) is 12.7 Å². The summed E-state index contributed by atoms with van der Waals surface area (Å²) in [6, 6.07) is 4.49. The lowest BCUT2D eigenvalue weighted by Crippen LogP contribution is -2.53. The first-order valence-corrected chi connectivity index (χ1v) is 9.71. The molecule has 1 heterocycles. The van der Waals surface area contributed by atoms with E-state index in [1.165, 1.54) is 12.1 Å². The Morgan fingerprint density at radius 1 is 1.29 bits per heavy atom. The molecule has 1 atom stereocenters. The van der Waals surface area contributed by atoms with Crippen molar-refractivity contribution in [2.24, 2.45) is 0 Å². The molecule has 0 aromatic heterocycles. The number of carbonyl (C=O) groups is 3. The number of carbonyl (C=O) groups excluding carboxylic acids is 3. The molecule has 0 spiro atoms. The summed E-state index contributed by atoms with van der Waals surface area (Å²) in [6.07, 6.45) is -0.454. The number of hydrogen-bond donors (Lipinski definition) is 2. The number of rotatable bonds is 9. The highest BCUT2D eigenvalue weighted by molar-refractivity contribution is 6.47. The van der Waals surface area contributed by atoms with E-state index < -0.39 is 50.2 Å². The zero-order valence-electron chi connectivity index (χ0n) is 17.2. The van der Waals surface area contributed by atoms with Crippen molar-refractivity contribution in [3.8, 4) is 5.75 Å². The van der Waals surface area contributed by atoms with Crippen LogP contribution in [0.2, 0.25) is 0 Å². The first-order chi connectivity index (χ1) is 14.6. The molecule has 1 amide bonds. The fraction of sp³-hybridized carbons (Fsp3) is 0.526. The SMILES string of the molecule is CCCCOC(=O)OCOC(=O)c1cccc2c1OB(O)[C@@H](NC(=O)CC(C)(F)F)C2. The Morgan fingerprint density at radius 2 is 2.03 bits per heavy atom. The summed E-state index contributed by atoms with van der Waals surface area (Å²) in [4.78, 5) is 35.4. The Bertz CT molecular complexity index is 802. The van der Waals surface area contributed by atoms with Gasteiger partial charge in [-0.1, -0.05) is 25.5 Å². The minimum absolute atomic E-state index is 0.0249. The van der Waals surface area contributed by atoms with Gasteiger partial charge >= 0.3 is 19.2 Å². The molecule has 0 bridgehead atoms. The molecule has 1 aromatic carbocycles. The molecule has 1 aliphatic heterocycles. The molecule has 2 N–H and O–H groups in total. The maximum absolute atomic E-state index is 13.0. The Morgan fingerprint density at radius 3 is 2.71 bits per heavy atom. The zero-order valence-corrected chi connectivity index (χ0v) is 17.2. The molecule has 0 saturated heterocycles. The second-order valence-corrected chi connectivity index (χ2v) is 7.07. The minimum Gasteiger partial charge on any atom is -0.534 e. The molecule has 0 fully saturated rings. The van der Waals surface area contributed by atoms with Crippen molar-refractivity contribution in [2.45, 2.75) is 51.4 Å². The average Bonchev–Trinajstić information content (AvgIpc) is 2.66. The van der Waals surface area contributed by atoms with Crippen molar-refractivity contribution >= 4 is 25.2 Å². The van der Waals surface area contributed by atoms with Gasteiger partial charge in [-0.15, -0.1) is 0 Å². The number of nitrogens with one attached hydrogen (secondary N) is 1. The van der Waals surface area contributed by atoms with E-state index in [4.69, 9.17) is 14.1 Å². The predicted octanol–water partition coefficient (Wildman–Crippen LogP) is 2.24. The van der Waals surface area contributed by atoms with Crippen LogP contribution in [0.4, 0.5) is 13.6 Å². The molecule has 9 nitrogen and oxygen atoms in total. The van der Waals surface area contributed by atoms with Crippen molar-refractivity contribution in [3.63, 3.8) is 0 Å². The second-order valence-electron chi connectivity index (χ2n) is 7.07. The lowest BCUT2D eigenvalue weighted by Gasteiger charge is -2.29. The van der Waals surface area contributed by atoms with E-state index in [1.807, 2.05) is 6.92 Å². The van der Waals surface area contributed by atoms with Crippen molar-refractivity contribution in [1.29, 1.82) is 0 Å². The number of halogens is 2. The van der Waals surface area contributed by atoms with Crippen LogP contribution in [0.5, 0.6) is 5.75 Å². The average molecular weight is 443 g/mol. The molecule has 31 heavy (non-hydrogen) atoms. The summed E-state index contributed by atoms with van der Waals surface area (Å²) in [6.45, 7) is 2.05. The van der Waals surface area contributed by atoms with Crippen LogP contribution < -0.4 is 9.97 Å². The lowest BCUT2D eigenvalue weighted by molar-refractivity contribution is -0.127. The zero-order chi connectivity index (χ0) is 23.0. The van der Waals surface area contributed by atoms with E-state index in [1.54, 1.807) is 6.07 Å². The topological polar surface area (TPSA) is 120 Å². The van der Waals surface area contributed by atoms with Crippen LogP contribution in [0.3, 0.4) is 0 Å². The standard InChI is InChI=1S/C19H24BF2NO8/c1-3-4-8-28-18(26)30-11-29-17(25)13-7-5-6-12-9-14(20(27)31-16(12)13)23-15(24)10-19(2,21)22/h5-7,14,27H,3-4,8-11H2,1-2H3,(H,23,24)/t14-/m0/s1. The van der Waals surface area contributed by atoms with Gasteiger partial charge in [0.1, 0.15) is 11.3 Å². The van der Waals surface area contributed by atoms with E-state index in [0.29, 0.717) is 18.9 Å². The molecule has 0 aliphatic carbocycles. The smallest absolute Gasteiger partial charge is 0.534 e. The van der Waals surface area contributed by atoms with Gasteiger partial charge in [0, 0.05) is 0 Å². The number of esters is 1. The monoisotopic (exact) mass is 443 g/mol. The lowest BCUT2D eigenvalue weighted by atomic mass is 9.72. The normalized spacial score (nSPS) is 15.4. The van der Waals surface area contributed by atoms with Crippen LogP contribution in [-0.4, -0.2) is 55.4 Å². The maximum Gasteiger partial charge on any atom is 0.547 e. The Hall–Kier alpha value is -2.89. The first-order valence-electron chi connectivity index (χ1n) is 9.71. The van der Waals surface area contributed by atoms with Gasteiger partial charge < -0.3 is 29.2 Å². The van der Waals surface area contributed by atoms with E-state index in [9.17, 15) is 28.2 Å². The Kier molecular flexibility index (Phi) is 8.60. The number of amides is 1. The number of benzene rings is 1.